The van der Waals surface area contributed by atoms with Crippen LogP contribution in [0, 0.1) is 0 Å². The number of hydrogen-bond acceptors (Lipinski definition) is 8. The molecule has 3 heterocycles. The van der Waals surface area contributed by atoms with E-state index in [1.54, 1.807) is 9.80 Å². The Morgan fingerprint density at radius 3 is 2.19 bits per heavy atom. The zero-order valence-corrected chi connectivity index (χ0v) is 19.4. The van der Waals surface area contributed by atoms with Crippen molar-refractivity contribution >= 4 is 12.2 Å². The van der Waals surface area contributed by atoms with Crippen molar-refractivity contribution in [2.45, 2.75) is 88.3 Å². The predicted octanol–water partition coefficient (Wildman–Crippen LogP) is 1.25. The van der Waals surface area contributed by atoms with Gasteiger partial charge in [-0.2, -0.15) is 0 Å². The molecular formula is C22H38N2O8. The lowest BCUT2D eigenvalue weighted by molar-refractivity contribution is -0.120. The smallest absolute Gasteiger partial charge is 0.410 e. The number of rotatable bonds is 4. The molecule has 3 fully saturated rings. The number of aliphatic hydroxyl groups is 3. The molecule has 0 bridgehead atoms. The van der Waals surface area contributed by atoms with Gasteiger partial charge in [0, 0.05) is 39.2 Å². The van der Waals surface area contributed by atoms with Gasteiger partial charge in [0.15, 0.2) is 0 Å². The molecule has 0 aliphatic carbocycles. The molecule has 3 N–H and O–H groups in total. The van der Waals surface area contributed by atoms with Gasteiger partial charge in [0.1, 0.15) is 17.3 Å². The van der Waals surface area contributed by atoms with Crippen LogP contribution in [-0.2, 0) is 14.2 Å². The van der Waals surface area contributed by atoms with Crippen LogP contribution in [0.5, 0.6) is 0 Å². The van der Waals surface area contributed by atoms with Crippen LogP contribution in [-0.4, -0.2) is 106 Å². The summed E-state index contributed by atoms with van der Waals surface area (Å²) in [4.78, 5) is 28.3. The summed E-state index contributed by atoms with van der Waals surface area (Å²) in [5, 5.41) is 29.7. The molecule has 2 amide bonds. The molecule has 10 heteroatoms. The molecule has 2 atom stereocenters. The van der Waals surface area contributed by atoms with Crippen LogP contribution in [0.15, 0.2) is 0 Å². The minimum Gasteiger partial charge on any atom is -0.444 e. The fourth-order valence-corrected chi connectivity index (χ4v) is 4.75. The molecule has 10 nitrogen and oxygen atoms in total. The van der Waals surface area contributed by atoms with Gasteiger partial charge in [-0.25, -0.2) is 9.59 Å². The number of aliphatic hydroxyl groups excluding tert-OH is 2. The summed E-state index contributed by atoms with van der Waals surface area (Å²) < 4.78 is 17.3. The second kappa shape index (κ2) is 9.70. The van der Waals surface area contributed by atoms with Gasteiger partial charge >= 0.3 is 12.2 Å². The molecule has 0 saturated carbocycles. The standard InChI is InChI=1S/C22H38N2O8/c1-20(2,3)32-19(28)24-12-8-22(9-13-24)17(5-15-30-22)31-18(27)23-10-6-21(29,7-11-23)16(26)4-14-25/h16-17,25-26,29H,4-15H2,1-3H3. The van der Waals surface area contributed by atoms with Crippen LogP contribution in [0.1, 0.15) is 59.3 Å². The van der Waals surface area contributed by atoms with E-state index in [1.807, 2.05) is 20.8 Å². The molecule has 0 aromatic rings. The topological polar surface area (TPSA) is 129 Å². The van der Waals surface area contributed by atoms with E-state index in [1.165, 1.54) is 0 Å². The van der Waals surface area contributed by atoms with Crippen LogP contribution in [0.2, 0.25) is 0 Å². The maximum atomic E-state index is 12.8. The lowest BCUT2D eigenvalue weighted by Gasteiger charge is -2.43. The van der Waals surface area contributed by atoms with Gasteiger partial charge in [-0.05, 0) is 52.9 Å². The van der Waals surface area contributed by atoms with E-state index in [4.69, 9.17) is 19.3 Å². The molecule has 0 aromatic heterocycles. The highest BCUT2D eigenvalue weighted by Crippen LogP contribution is 2.39. The van der Waals surface area contributed by atoms with Gasteiger partial charge in [0.25, 0.3) is 0 Å². The van der Waals surface area contributed by atoms with Crippen molar-refractivity contribution in [3.63, 3.8) is 0 Å². The second-order valence-corrected chi connectivity index (χ2v) is 10.2. The molecule has 1 spiro atoms. The van der Waals surface area contributed by atoms with Gasteiger partial charge in [0.05, 0.1) is 18.3 Å². The molecule has 3 aliphatic heterocycles. The first-order valence-corrected chi connectivity index (χ1v) is 11.6. The average Bonchev–Trinajstić information content (AvgIpc) is 3.09. The third-order valence-corrected chi connectivity index (χ3v) is 6.77. The van der Waals surface area contributed by atoms with E-state index < -0.39 is 35.1 Å². The first-order valence-electron chi connectivity index (χ1n) is 11.6. The number of carbonyl (C=O) groups excluding carboxylic acids is 2. The van der Waals surface area contributed by atoms with Crippen molar-refractivity contribution in [2.75, 3.05) is 39.4 Å². The highest BCUT2D eigenvalue weighted by Gasteiger charge is 2.50. The van der Waals surface area contributed by atoms with Crippen LogP contribution >= 0.6 is 0 Å². The van der Waals surface area contributed by atoms with Crippen molar-refractivity contribution in [1.82, 2.24) is 9.80 Å². The number of likely N-dealkylation sites (tertiary alicyclic amines) is 2. The Balaban J connectivity index is 1.51. The van der Waals surface area contributed by atoms with E-state index >= 15 is 0 Å². The number of piperidine rings is 2. The summed E-state index contributed by atoms with van der Waals surface area (Å²) in [6.07, 6.45) is 0.0733. The van der Waals surface area contributed by atoms with Crippen LogP contribution in [0.3, 0.4) is 0 Å². The molecular weight excluding hydrogens is 420 g/mol. The first kappa shape index (κ1) is 25.0. The second-order valence-electron chi connectivity index (χ2n) is 10.2. The first-order chi connectivity index (χ1) is 15.0. The summed E-state index contributed by atoms with van der Waals surface area (Å²) in [5.74, 6) is 0. The van der Waals surface area contributed by atoms with E-state index in [2.05, 4.69) is 0 Å². The van der Waals surface area contributed by atoms with Crippen molar-refractivity contribution in [3.8, 4) is 0 Å². The molecule has 3 aliphatic rings. The van der Waals surface area contributed by atoms with Gasteiger partial charge in [-0.1, -0.05) is 0 Å². The summed E-state index contributed by atoms with van der Waals surface area (Å²) in [6.45, 7) is 7.28. The van der Waals surface area contributed by atoms with Crippen LogP contribution < -0.4 is 0 Å². The number of carbonyl (C=O) groups is 2. The molecule has 3 saturated heterocycles. The average molecular weight is 459 g/mol. The van der Waals surface area contributed by atoms with Crippen molar-refractivity contribution < 1.29 is 39.1 Å². The van der Waals surface area contributed by atoms with Crippen molar-refractivity contribution in [1.29, 1.82) is 0 Å². The molecule has 3 rings (SSSR count). The molecule has 32 heavy (non-hydrogen) atoms. The van der Waals surface area contributed by atoms with Gasteiger partial charge in [-0.3, -0.25) is 0 Å². The Bertz CT molecular complexity index is 663. The third-order valence-electron chi connectivity index (χ3n) is 6.77. The quantitative estimate of drug-likeness (QED) is 0.574. The number of hydrogen-bond donors (Lipinski definition) is 3. The maximum Gasteiger partial charge on any atom is 0.410 e. The van der Waals surface area contributed by atoms with Gasteiger partial charge in [-0.15, -0.1) is 0 Å². The molecule has 184 valence electrons. The Morgan fingerprint density at radius 2 is 1.62 bits per heavy atom. The monoisotopic (exact) mass is 458 g/mol. The SMILES string of the molecule is CC(C)(C)OC(=O)N1CCC2(CC1)OCCC2OC(=O)N1CCC(O)(C(O)CCO)CC1. The van der Waals surface area contributed by atoms with E-state index in [-0.39, 0.29) is 45.1 Å². The Morgan fingerprint density at radius 1 is 1.06 bits per heavy atom. The summed E-state index contributed by atoms with van der Waals surface area (Å²) in [7, 11) is 0. The minimum absolute atomic E-state index is 0.100. The zero-order valence-electron chi connectivity index (χ0n) is 19.4. The Kier molecular flexibility index (Phi) is 7.59. The fraction of sp³-hybridized carbons (Fsp3) is 0.909. The largest absolute Gasteiger partial charge is 0.444 e. The number of amides is 2. The lowest BCUT2D eigenvalue weighted by Crippen LogP contribution is -2.55. The number of ether oxygens (including phenoxy) is 3. The Hall–Kier alpha value is -1.62. The molecule has 2 unspecified atom stereocenters. The lowest BCUT2D eigenvalue weighted by atomic mass is 9.84. The minimum atomic E-state index is -1.30. The van der Waals surface area contributed by atoms with E-state index in [0.717, 1.165) is 0 Å². The summed E-state index contributed by atoms with van der Waals surface area (Å²) >= 11 is 0. The molecule has 0 aromatic carbocycles. The van der Waals surface area contributed by atoms with Crippen molar-refractivity contribution in [3.05, 3.63) is 0 Å². The third kappa shape index (κ3) is 5.65. The predicted molar refractivity (Wildman–Crippen MR) is 114 cm³/mol. The van der Waals surface area contributed by atoms with Gasteiger partial charge in [0.2, 0.25) is 0 Å². The Labute approximate surface area is 189 Å². The number of nitrogens with zero attached hydrogens (tertiary/aromatic N) is 2. The summed E-state index contributed by atoms with van der Waals surface area (Å²) in [5.41, 5.74) is -2.45. The van der Waals surface area contributed by atoms with E-state index in [9.17, 15) is 19.8 Å². The zero-order chi connectivity index (χ0) is 23.6. The fourth-order valence-electron chi connectivity index (χ4n) is 4.75. The van der Waals surface area contributed by atoms with Crippen LogP contribution in [0.25, 0.3) is 0 Å². The van der Waals surface area contributed by atoms with Gasteiger partial charge < -0.3 is 39.3 Å². The van der Waals surface area contributed by atoms with Crippen molar-refractivity contribution in [2.24, 2.45) is 0 Å². The highest BCUT2D eigenvalue weighted by molar-refractivity contribution is 5.69. The maximum absolute atomic E-state index is 12.8. The van der Waals surface area contributed by atoms with Crippen LogP contribution in [0.4, 0.5) is 9.59 Å². The summed E-state index contributed by atoms with van der Waals surface area (Å²) in [6, 6.07) is 0. The molecule has 0 radical (unpaired) electrons. The normalized spacial score (nSPS) is 26.1. The van der Waals surface area contributed by atoms with E-state index in [0.29, 0.717) is 39.0 Å². The highest BCUT2D eigenvalue weighted by atomic mass is 16.6.